The second-order valence-electron chi connectivity index (χ2n) is 5.18. The number of para-hydroxylation sites is 1. The number of halogens is 1. The standard InChI is InChI=1S/C17H15ClN2O2S2/c1-12-4-2-3-5-15(12)19-13-6-8-14(9-7-13)20-24(21,22)17-11-10-16(18)23-17/h2-11,19-20H,1H3. The summed E-state index contributed by atoms with van der Waals surface area (Å²) < 4.78 is 27.7. The number of anilines is 3. The summed E-state index contributed by atoms with van der Waals surface area (Å²) >= 11 is 6.82. The van der Waals surface area contributed by atoms with Crippen LogP contribution >= 0.6 is 22.9 Å². The van der Waals surface area contributed by atoms with Gasteiger partial charge in [-0.3, -0.25) is 4.72 Å². The van der Waals surface area contributed by atoms with Crippen LogP contribution in [0.15, 0.2) is 64.9 Å². The summed E-state index contributed by atoms with van der Waals surface area (Å²) in [7, 11) is -3.61. The highest BCUT2D eigenvalue weighted by atomic mass is 35.5. The molecule has 2 N–H and O–H groups in total. The Kier molecular flexibility index (Phi) is 4.80. The normalized spacial score (nSPS) is 11.2. The fourth-order valence-corrected chi connectivity index (χ4v) is 4.68. The number of rotatable bonds is 5. The minimum absolute atomic E-state index is 0.189. The quantitative estimate of drug-likeness (QED) is 0.637. The first-order chi connectivity index (χ1) is 11.4. The summed E-state index contributed by atoms with van der Waals surface area (Å²) in [5.74, 6) is 0. The smallest absolute Gasteiger partial charge is 0.271 e. The van der Waals surface area contributed by atoms with Crippen molar-refractivity contribution in [1.82, 2.24) is 0 Å². The van der Waals surface area contributed by atoms with Crippen molar-refractivity contribution in [3.63, 3.8) is 0 Å². The molecule has 0 radical (unpaired) electrons. The van der Waals surface area contributed by atoms with Crippen molar-refractivity contribution in [2.75, 3.05) is 10.0 Å². The molecule has 1 aromatic heterocycles. The Balaban J connectivity index is 1.74. The highest BCUT2D eigenvalue weighted by Gasteiger charge is 2.16. The topological polar surface area (TPSA) is 58.2 Å². The lowest BCUT2D eigenvalue weighted by Crippen LogP contribution is -2.11. The lowest BCUT2D eigenvalue weighted by Gasteiger charge is -2.11. The van der Waals surface area contributed by atoms with Gasteiger partial charge in [0.05, 0.1) is 4.34 Å². The summed E-state index contributed by atoms with van der Waals surface area (Å²) in [4.78, 5) is 0. The van der Waals surface area contributed by atoms with Gasteiger partial charge in [0.1, 0.15) is 4.21 Å². The lowest BCUT2D eigenvalue weighted by molar-refractivity contribution is 0.603. The van der Waals surface area contributed by atoms with E-state index in [9.17, 15) is 8.42 Å². The van der Waals surface area contributed by atoms with Gasteiger partial charge in [0.25, 0.3) is 10.0 Å². The van der Waals surface area contributed by atoms with Crippen molar-refractivity contribution in [1.29, 1.82) is 0 Å². The van der Waals surface area contributed by atoms with Crippen LogP contribution in [0.2, 0.25) is 4.34 Å². The molecule has 0 saturated heterocycles. The first-order valence-electron chi connectivity index (χ1n) is 7.15. The molecule has 0 fully saturated rings. The molecule has 0 aliphatic carbocycles. The number of hydrogen-bond acceptors (Lipinski definition) is 4. The molecule has 24 heavy (non-hydrogen) atoms. The van der Waals surface area contributed by atoms with Crippen LogP contribution in [0, 0.1) is 6.92 Å². The molecule has 0 bridgehead atoms. The van der Waals surface area contributed by atoms with E-state index in [1.807, 2.05) is 43.3 Å². The van der Waals surface area contributed by atoms with Crippen molar-refractivity contribution in [3.05, 3.63) is 70.6 Å². The maximum atomic E-state index is 12.3. The molecule has 0 spiro atoms. The summed E-state index contributed by atoms with van der Waals surface area (Å²) in [5, 5.41) is 3.30. The molecule has 0 atom stereocenters. The third kappa shape index (κ3) is 3.90. The molecular weight excluding hydrogens is 364 g/mol. The van der Waals surface area contributed by atoms with Gasteiger partial charge in [0, 0.05) is 17.1 Å². The van der Waals surface area contributed by atoms with Crippen molar-refractivity contribution in [3.8, 4) is 0 Å². The van der Waals surface area contributed by atoms with E-state index >= 15 is 0 Å². The van der Waals surface area contributed by atoms with E-state index in [1.165, 1.54) is 6.07 Å². The second-order valence-corrected chi connectivity index (χ2v) is 8.81. The Morgan fingerprint density at radius 2 is 1.58 bits per heavy atom. The molecule has 0 aliphatic heterocycles. The van der Waals surface area contributed by atoms with Crippen molar-refractivity contribution in [2.24, 2.45) is 0 Å². The lowest BCUT2D eigenvalue weighted by atomic mass is 10.2. The van der Waals surface area contributed by atoms with Crippen molar-refractivity contribution < 1.29 is 8.42 Å². The van der Waals surface area contributed by atoms with Gasteiger partial charge in [-0.05, 0) is 55.0 Å². The van der Waals surface area contributed by atoms with Crippen molar-refractivity contribution >= 4 is 50.0 Å². The van der Waals surface area contributed by atoms with Crippen LogP contribution in [-0.4, -0.2) is 8.42 Å². The Bertz CT molecular complexity index is 951. The van der Waals surface area contributed by atoms with E-state index in [4.69, 9.17) is 11.6 Å². The van der Waals surface area contributed by atoms with E-state index in [0.717, 1.165) is 28.3 Å². The van der Waals surface area contributed by atoms with Gasteiger partial charge in [0.15, 0.2) is 0 Å². The Morgan fingerprint density at radius 3 is 2.21 bits per heavy atom. The van der Waals surface area contributed by atoms with Gasteiger partial charge in [-0.25, -0.2) is 8.42 Å². The SMILES string of the molecule is Cc1ccccc1Nc1ccc(NS(=O)(=O)c2ccc(Cl)s2)cc1. The summed E-state index contributed by atoms with van der Waals surface area (Å²) in [6.45, 7) is 2.02. The van der Waals surface area contributed by atoms with Gasteiger partial charge < -0.3 is 5.32 Å². The van der Waals surface area contributed by atoms with Crippen LogP contribution in [0.3, 0.4) is 0 Å². The Morgan fingerprint density at radius 1 is 0.917 bits per heavy atom. The Hall–Kier alpha value is -2.02. The van der Waals surface area contributed by atoms with Crippen LogP contribution in [0.4, 0.5) is 17.1 Å². The zero-order valence-corrected chi connectivity index (χ0v) is 15.2. The number of benzene rings is 2. The van der Waals surface area contributed by atoms with Crippen LogP contribution in [0.1, 0.15) is 5.56 Å². The zero-order valence-electron chi connectivity index (χ0n) is 12.8. The fourth-order valence-electron chi connectivity index (χ4n) is 2.14. The molecule has 3 rings (SSSR count). The zero-order chi connectivity index (χ0) is 17.2. The molecule has 1 heterocycles. The summed E-state index contributed by atoms with van der Waals surface area (Å²) in [6, 6.07) is 18.1. The molecule has 0 unspecified atom stereocenters. The number of nitrogens with one attached hydrogen (secondary N) is 2. The predicted molar refractivity (Wildman–Crippen MR) is 101 cm³/mol. The highest BCUT2D eigenvalue weighted by molar-refractivity contribution is 7.94. The largest absolute Gasteiger partial charge is 0.355 e. The average molecular weight is 379 g/mol. The Labute approximate surface area is 150 Å². The number of thiophene rings is 1. The first kappa shape index (κ1) is 16.8. The van der Waals surface area contributed by atoms with Crippen LogP contribution in [0.5, 0.6) is 0 Å². The number of aryl methyl sites for hydroxylation is 1. The van der Waals surface area contributed by atoms with E-state index in [2.05, 4.69) is 10.0 Å². The highest BCUT2D eigenvalue weighted by Crippen LogP contribution is 2.28. The molecule has 2 aromatic carbocycles. The molecular formula is C17H15ClN2O2S2. The second kappa shape index (κ2) is 6.84. The maximum Gasteiger partial charge on any atom is 0.271 e. The molecule has 124 valence electrons. The minimum atomic E-state index is -3.61. The number of sulfonamides is 1. The third-order valence-electron chi connectivity index (χ3n) is 3.37. The first-order valence-corrected chi connectivity index (χ1v) is 9.83. The summed E-state index contributed by atoms with van der Waals surface area (Å²) in [6.07, 6.45) is 0. The minimum Gasteiger partial charge on any atom is -0.355 e. The van der Waals surface area contributed by atoms with Gasteiger partial charge in [0.2, 0.25) is 0 Å². The summed E-state index contributed by atoms with van der Waals surface area (Å²) in [5.41, 5.74) is 3.53. The van der Waals surface area contributed by atoms with Gasteiger partial charge in [-0.2, -0.15) is 0 Å². The molecule has 3 aromatic rings. The van der Waals surface area contributed by atoms with Crippen LogP contribution in [0.25, 0.3) is 0 Å². The van der Waals surface area contributed by atoms with Gasteiger partial charge in [-0.15, -0.1) is 11.3 Å². The van der Waals surface area contributed by atoms with Crippen LogP contribution < -0.4 is 10.0 Å². The van der Waals surface area contributed by atoms with E-state index in [0.29, 0.717) is 10.0 Å². The van der Waals surface area contributed by atoms with Gasteiger partial charge >= 0.3 is 0 Å². The molecule has 0 amide bonds. The molecule has 4 nitrogen and oxygen atoms in total. The monoisotopic (exact) mass is 378 g/mol. The van der Waals surface area contributed by atoms with Gasteiger partial charge in [-0.1, -0.05) is 29.8 Å². The average Bonchev–Trinajstić information content (AvgIpc) is 2.99. The molecule has 0 aliphatic rings. The number of hydrogen-bond donors (Lipinski definition) is 2. The predicted octanol–water partition coefficient (Wildman–Crippen LogP) is 5.25. The molecule has 7 heteroatoms. The van der Waals surface area contributed by atoms with E-state index in [-0.39, 0.29) is 4.21 Å². The fraction of sp³-hybridized carbons (Fsp3) is 0.0588. The van der Waals surface area contributed by atoms with Crippen molar-refractivity contribution in [2.45, 2.75) is 11.1 Å². The molecule has 0 saturated carbocycles. The maximum absolute atomic E-state index is 12.3. The van der Waals surface area contributed by atoms with E-state index < -0.39 is 10.0 Å². The van der Waals surface area contributed by atoms with E-state index in [1.54, 1.807) is 18.2 Å². The van der Waals surface area contributed by atoms with Crippen LogP contribution in [-0.2, 0) is 10.0 Å². The third-order valence-corrected chi connectivity index (χ3v) is 6.48.